The third-order valence-corrected chi connectivity index (χ3v) is 4.88. The van der Waals surface area contributed by atoms with Crippen molar-refractivity contribution in [2.45, 2.75) is 32.9 Å². The first kappa shape index (κ1) is 19.4. The van der Waals surface area contributed by atoms with Crippen molar-refractivity contribution in [2.75, 3.05) is 37.0 Å². The Bertz CT molecular complexity index is 778. The quantitative estimate of drug-likeness (QED) is 0.739. The zero-order valence-electron chi connectivity index (χ0n) is 16.8. The third kappa shape index (κ3) is 4.30. The van der Waals surface area contributed by atoms with Crippen LogP contribution in [0.3, 0.4) is 0 Å². The van der Waals surface area contributed by atoms with Gasteiger partial charge in [0.05, 0.1) is 18.5 Å². The Kier molecular flexibility index (Phi) is 5.80. The lowest BCUT2D eigenvalue weighted by atomic mass is 9.99. The number of nitrogens with one attached hydrogen (secondary N) is 1. The van der Waals surface area contributed by atoms with Crippen LogP contribution in [0.4, 0.5) is 11.4 Å². The Labute approximate surface area is 162 Å². The molecule has 0 spiro atoms. The average molecular weight is 370 g/mol. The van der Waals surface area contributed by atoms with E-state index < -0.39 is 0 Å². The van der Waals surface area contributed by atoms with Crippen molar-refractivity contribution in [1.82, 2.24) is 0 Å². The van der Waals surface area contributed by atoms with Gasteiger partial charge in [0.15, 0.2) is 0 Å². The van der Waals surface area contributed by atoms with Crippen LogP contribution in [0.15, 0.2) is 42.5 Å². The fourth-order valence-electron chi connectivity index (χ4n) is 3.73. The first-order chi connectivity index (χ1) is 12.9. The lowest BCUT2D eigenvalue weighted by Crippen LogP contribution is -2.51. The number of hydrogen-bond acceptors (Lipinski definition) is 5. The van der Waals surface area contributed by atoms with Gasteiger partial charge in [0.25, 0.3) is 0 Å². The van der Waals surface area contributed by atoms with Crippen molar-refractivity contribution in [2.24, 2.45) is 11.7 Å². The van der Waals surface area contributed by atoms with Gasteiger partial charge in [-0.2, -0.15) is 0 Å². The Morgan fingerprint density at radius 2 is 1.96 bits per heavy atom. The van der Waals surface area contributed by atoms with Crippen LogP contribution in [-0.2, 0) is 6.42 Å². The van der Waals surface area contributed by atoms with E-state index in [4.69, 9.17) is 15.2 Å². The minimum Gasteiger partial charge on any atom is -0.497 e. The van der Waals surface area contributed by atoms with Gasteiger partial charge in [-0.1, -0.05) is 26.0 Å². The maximum atomic E-state index is 5.71. The lowest BCUT2D eigenvalue weighted by Gasteiger charge is -2.38. The number of methoxy groups -OCH3 is 1. The van der Waals surface area contributed by atoms with Crippen molar-refractivity contribution in [3.8, 4) is 11.5 Å². The van der Waals surface area contributed by atoms with E-state index in [0.29, 0.717) is 19.1 Å². The number of benzene rings is 2. The molecule has 2 aromatic carbocycles. The van der Waals surface area contributed by atoms with Crippen molar-refractivity contribution >= 4 is 11.4 Å². The normalized spacial score (nSPS) is 18.4. The molecule has 3 rings (SSSR count). The van der Waals surface area contributed by atoms with Crippen LogP contribution in [0.2, 0.25) is 0 Å². The molecule has 0 aromatic heterocycles. The summed E-state index contributed by atoms with van der Waals surface area (Å²) in [5, 5.41) is 3.74. The number of nitrogens with zero attached hydrogens (tertiary/aromatic N) is 1. The molecule has 0 aliphatic carbocycles. The van der Waals surface area contributed by atoms with Gasteiger partial charge in [-0.05, 0) is 42.7 Å². The summed E-state index contributed by atoms with van der Waals surface area (Å²) in [4.78, 5) is 2.47. The smallest absolute Gasteiger partial charge is 0.121 e. The first-order valence-electron chi connectivity index (χ1n) is 9.61. The van der Waals surface area contributed by atoms with Gasteiger partial charge in [-0.3, -0.25) is 0 Å². The van der Waals surface area contributed by atoms with Crippen LogP contribution >= 0.6 is 0 Å². The molecule has 2 aromatic rings. The lowest BCUT2D eigenvalue weighted by molar-refractivity contribution is 0.328. The fourth-order valence-corrected chi connectivity index (χ4v) is 3.73. The SMILES string of the molecule is COc1cccc(CC2(C)Nc3cc(OCCN)ccc3N2CC(C)C)c1. The molecule has 0 radical (unpaired) electrons. The summed E-state index contributed by atoms with van der Waals surface area (Å²) in [7, 11) is 1.71. The number of hydrogen-bond donors (Lipinski definition) is 2. The second-order valence-corrected chi connectivity index (χ2v) is 7.75. The second-order valence-electron chi connectivity index (χ2n) is 7.75. The molecular weight excluding hydrogens is 338 g/mol. The first-order valence-corrected chi connectivity index (χ1v) is 9.61. The molecule has 146 valence electrons. The second kappa shape index (κ2) is 8.09. The molecule has 5 heteroatoms. The van der Waals surface area contributed by atoms with Gasteiger partial charge in [-0.25, -0.2) is 0 Å². The summed E-state index contributed by atoms with van der Waals surface area (Å²) in [6.45, 7) is 8.78. The van der Waals surface area contributed by atoms with E-state index in [2.05, 4.69) is 55.3 Å². The van der Waals surface area contributed by atoms with Crippen LogP contribution in [0.5, 0.6) is 11.5 Å². The fraction of sp³-hybridized carbons (Fsp3) is 0.455. The minimum absolute atomic E-state index is 0.217. The Hall–Kier alpha value is -2.40. The van der Waals surface area contributed by atoms with Crippen LogP contribution in [-0.4, -0.2) is 32.5 Å². The number of rotatable bonds is 8. The van der Waals surface area contributed by atoms with Crippen molar-refractivity contribution in [3.63, 3.8) is 0 Å². The number of anilines is 2. The summed E-state index contributed by atoms with van der Waals surface area (Å²) in [6.07, 6.45) is 0.866. The topological polar surface area (TPSA) is 59.8 Å². The molecule has 0 amide bonds. The Morgan fingerprint density at radius 1 is 1.15 bits per heavy atom. The molecule has 1 aliphatic rings. The molecule has 5 nitrogen and oxygen atoms in total. The maximum absolute atomic E-state index is 5.71. The van der Waals surface area contributed by atoms with Gasteiger partial charge in [0.2, 0.25) is 0 Å². The highest BCUT2D eigenvalue weighted by Crippen LogP contribution is 2.43. The largest absolute Gasteiger partial charge is 0.497 e. The van der Waals surface area contributed by atoms with Gasteiger partial charge in [0, 0.05) is 25.6 Å². The summed E-state index contributed by atoms with van der Waals surface area (Å²) < 4.78 is 11.1. The molecule has 3 N–H and O–H groups in total. The average Bonchev–Trinajstić information content (AvgIpc) is 2.90. The molecule has 0 bridgehead atoms. The highest BCUT2D eigenvalue weighted by molar-refractivity contribution is 5.79. The van der Waals surface area contributed by atoms with E-state index in [1.54, 1.807) is 7.11 Å². The van der Waals surface area contributed by atoms with Gasteiger partial charge >= 0.3 is 0 Å². The summed E-state index contributed by atoms with van der Waals surface area (Å²) >= 11 is 0. The van der Waals surface area contributed by atoms with E-state index >= 15 is 0 Å². The van der Waals surface area contributed by atoms with Gasteiger partial charge in [0.1, 0.15) is 23.8 Å². The highest BCUT2D eigenvalue weighted by Gasteiger charge is 2.39. The van der Waals surface area contributed by atoms with Gasteiger partial charge < -0.3 is 25.4 Å². The summed E-state index contributed by atoms with van der Waals surface area (Å²) in [6, 6.07) is 14.5. The number of fused-ring (bicyclic) bond motifs is 1. The van der Waals surface area contributed by atoms with Gasteiger partial charge in [-0.15, -0.1) is 0 Å². The van der Waals surface area contributed by atoms with E-state index in [-0.39, 0.29) is 5.66 Å². The monoisotopic (exact) mass is 369 g/mol. The Morgan fingerprint density at radius 3 is 2.67 bits per heavy atom. The minimum atomic E-state index is -0.217. The van der Waals surface area contributed by atoms with Crippen molar-refractivity contribution < 1.29 is 9.47 Å². The molecule has 1 aliphatic heterocycles. The number of nitrogens with two attached hydrogens (primary N) is 1. The van der Waals surface area contributed by atoms with Crippen molar-refractivity contribution in [3.05, 3.63) is 48.0 Å². The maximum Gasteiger partial charge on any atom is 0.121 e. The van der Waals surface area contributed by atoms with Crippen LogP contribution in [0.25, 0.3) is 0 Å². The predicted molar refractivity (Wildman–Crippen MR) is 112 cm³/mol. The molecule has 0 saturated carbocycles. The molecule has 1 heterocycles. The van der Waals surface area contributed by atoms with Crippen LogP contribution in [0.1, 0.15) is 26.3 Å². The molecular formula is C22H31N3O2. The Balaban J connectivity index is 1.90. The molecule has 1 unspecified atom stereocenters. The summed E-state index contributed by atoms with van der Waals surface area (Å²) in [5.41, 5.74) is 8.91. The predicted octanol–water partition coefficient (Wildman–Crippen LogP) is 3.88. The van der Waals surface area contributed by atoms with Crippen LogP contribution in [0, 0.1) is 5.92 Å². The highest BCUT2D eigenvalue weighted by atomic mass is 16.5. The van der Waals surface area contributed by atoms with Crippen LogP contribution < -0.4 is 25.4 Å². The molecule has 27 heavy (non-hydrogen) atoms. The van der Waals surface area contributed by atoms with Crippen molar-refractivity contribution in [1.29, 1.82) is 0 Å². The zero-order valence-corrected chi connectivity index (χ0v) is 16.8. The molecule has 0 fully saturated rings. The summed E-state index contributed by atoms with van der Waals surface area (Å²) in [5.74, 6) is 2.29. The van der Waals surface area contributed by atoms with E-state index in [0.717, 1.165) is 30.2 Å². The zero-order chi connectivity index (χ0) is 19.4. The number of ether oxygens (including phenoxy) is 2. The van der Waals surface area contributed by atoms with E-state index in [1.165, 1.54) is 11.3 Å². The van der Waals surface area contributed by atoms with E-state index in [9.17, 15) is 0 Å². The van der Waals surface area contributed by atoms with E-state index in [1.807, 2.05) is 18.2 Å². The molecule has 1 atom stereocenters. The standard InChI is InChI=1S/C22H31N3O2/c1-16(2)15-25-21-9-8-19(27-11-10-23)13-20(21)24-22(25,3)14-17-6-5-7-18(12-17)26-4/h5-9,12-13,16,24H,10-11,14-15,23H2,1-4H3. The third-order valence-electron chi connectivity index (χ3n) is 4.88. The molecule has 0 saturated heterocycles.